The maximum absolute atomic E-state index is 12.4. The normalized spacial score (nSPS) is 11.0. The second-order valence-electron chi connectivity index (χ2n) is 4.91. The van der Waals surface area contributed by atoms with Crippen LogP contribution in [0.2, 0.25) is 0 Å². The Hall–Kier alpha value is -2.53. The highest BCUT2D eigenvalue weighted by molar-refractivity contribution is 7.94. The Morgan fingerprint density at radius 2 is 2.00 bits per heavy atom. The van der Waals surface area contributed by atoms with E-state index in [4.69, 9.17) is 4.74 Å². The molecule has 0 aliphatic heterocycles. The lowest BCUT2D eigenvalue weighted by atomic mass is 10.1. The fourth-order valence-electron chi connectivity index (χ4n) is 1.83. The monoisotopic (exact) mass is 384 g/mol. The zero-order chi connectivity index (χ0) is 18.6. The number of ether oxygens (including phenoxy) is 1. The van der Waals surface area contributed by atoms with Crippen LogP contribution in [0.25, 0.3) is 0 Å². The van der Waals surface area contributed by atoms with Crippen molar-refractivity contribution in [2.75, 3.05) is 16.6 Å². The van der Waals surface area contributed by atoms with Crippen LogP contribution < -0.4 is 10.0 Å². The van der Waals surface area contributed by atoms with Crippen LogP contribution in [0.15, 0.2) is 22.5 Å². The van der Waals surface area contributed by atoms with E-state index in [9.17, 15) is 18.0 Å². The van der Waals surface area contributed by atoms with Crippen molar-refractivity contribution in [3.8, 4) is 0 Å². The third-order valence-electron chi connectivity index (χ3n) is 2.90. The summed E-state index contributed by atoms with van der Waals surface area (Å²) in [6.07, 6.45) is 0. The number of carbonyl (C=O) groups excluding carboxylic acids is 2. The molecule has 0 fully saturated rings. The van der Waals surface area contributed by atoms with Gasteiger partial charge in [-0.3, -0.25) is 9.52 Å². The van der Waals surface area contributed by atoms with Gasteiger partial charge >= 0.3 is 5.97 Å². The van der Waals surface area contributed by atoms with Gasteiger partial charge in [0.1, 0.15) is 0 Å². The number of amides is 1. The van der Waals surface area contributed by atoms with E-state index in [0.717, 1.165) is 11.3 Å². The maximum Gasteiger partial charge on any atom is 0.338 e. The standard InChI is InChI=1S/C14H16N4O5S2/c1-4-23-12(20)10-5-6-11(8(2)7-10)18-25(21,22)14-17-16-13(24-14)15-9(3)19/h5-7,18H,4H2,1-3H3,(H,15,16,19). The van der Waals surface area contributed by atoms with Crippen LogP contribution in [0.1, 0.15) is 29.8 Å². The summed E-state index contributed by atoms with van der Waals surface area (Å²) in [4.78, 5) is 22.7. The lowest BCUT2D eigenvalue weighted by Gasteiger charge is -2.10. The van der Waals surface area contributed by atoms with E-state index in [1.54, 1.807) is 13.8 Å². The van der Waals surface area contributed by atoms with Gasteiger partial charge in [-0.1, -0.05) is 11.3 Å². The van der Waals surface area contributed by atoms with Crippen molar-refractivity contribution in [1.29, 1.82) is 0 Å². The first kappa shape index (κ1) is 18.8. The molecule has 0 atom stereocenters. The van der Waals surface area contributed by atoms with Crippen LogP contribution in [-0.2, 0) is 19.6 Å². The SMILES string of the molecule is CCOC(=O)c1ccc(NS(=O)(=O)c2nnc(NC(C)=O)s2)c(C)c1. The van der Waals surface area contributed by atoms with Crippen molar-refractivity contribution in [2.24, 2.45) is 0 Å². The van der Waals surface area contributed by atoms with Crippen LogP contribution in [0.5, 0.6) is 0 Å². The molecule has 134 valence electrons. The number of anilines is 2. The summed E-state index contributed by atoms with van der Waals surface area (Å²) < 4.78 is 31.7. The Bertz CT molecular complexity index is 908. The molecule has 2 N–H and O–H groups in total. The number of aryl methyl sites for hydroxylation is 1. The summed E-state index contributed by atoms with van der Waals surface area (Å²) in [6, 6.07) is 4.46. The second kappa shape index (κ2) is 7.57. The Kier molecular flexibility index (Phi) is 5.69. The lowest BCUT2D eigenvalue weighted by molar-refractivity contribution is -0.114. The van der Waals surface area contributed by atoms with Gasteiger partial charge in [0.2, 0.25) is 11.0 Å². The maximum atomic E-state index is 12.4. The molecule has 0 radical (unpaired) electrons. The number of hydrogen-bond donors (Lipinski definition) is 2. The molecule has 1 aromatic heterocycles. The summed E-state index contributed by atoms with van der Waals surface area (Å²) in [7, 11) is -3.97. The molecule has 0 bridgehead atoms. The Morgan fingerprint density at radius 3 is 2.60 bits per heavy atom. The quantitative estimate of drug-likeness (QED) is 0.574. The molecule has 2 aromatic rings. The number of aromatic nitrogens is 2. The molecule has 0 saturated carbocycles. The van der Waals surface area contributed by atoms with E-state index >= 15 is 0 Å². The van der Waals surface area contributed by atoms with Gasteiger partial charge in [0.25, 0.3) is 14.4 Å². The van der Waals surface area contributed by atoms with Gasteiger partial charge in [0, 0.05) is 6.92 Å². The molecule has 0 aliphatic rings. The molecule has 0 saturated heterocycles. The van der Waals surface area contributed by atoms with Crippen LogP contribution in [0.4, 0.5) is 10.8 Å². The average Bonchev–Trinajstić information content (AvgIpc) is 2.98. The highest BCUT2D eigenvalue weighted by atomic mass is 32.2. The number of esters is 1. The zero-order valence-corrected chi connectivity index (χ0v) is 15.3. The average molecular weight is 384 g/mol. The van der Waals surface area contributed by atoms with E-state index in [0.29, 0.717) is 16.8 Å². The van der Waals surface area contributed by atoms with Crippen LogP contribution in [0.3, 0.4) is 0 Å². The molecular formula is C14H16N4O5S2. The van der Waals surface area contributed by atoms with Gasteiger partial charge in [-0.2, -0.15) is 8.42 Å². The van der Waals surface area contributed by atoms with Crippen molar-refractivity contribution in [2.45, 2.75) is 25.1 Å². The van der Waals surface area contributed by atoms with Crippen LogP contribution in [0, 0.1) is 6.92 Å². The fourth-order valence-corrected chi connectivity index (χ4v) is 3.91. The number of benzene rings is 1. The molecule has 1 heterocycles. The number of nitrogens with one attached hydrogen (secondary N) is 2. The fraction of sp³-hybridized carbons (Fsp3) is 0.286. The lowest BCUT2D eigenvalue weighted by Crippen LogP contribution is -2.14. The van der Waals surface area contributed by atoms with Crippen LogP contribution in [-0.4, -0.2) is 37.1 Å². The Balaban J connectivity index is 2.21. The summed E-state index contributed by atoms with van der Waals surface area (Å²) >= 11 is 0.729. The van der Waals surface area contributed by atoms with Gasteiger partial charge in [-0.25, -0.2) is 4.79 Å². The van der Waals surface area contributed by atoms with Crippen molar-refractivity contribution in [1.82, 2.24) is 10.2 Å². The van der Waals surface area contributed by atoms with Crippen LogP contribution >= 0.6 is 11.3 Å². The first-order valence-corrected chi connectivity index (χ1v) is 9.44. The predicted octanol–water partition coefficient (Wildman–Crippen LogP) is 1.78. The van der Waals surface area contributed by atoms with Crippen molar-refractivity contribution >= 4 is 44.1 Å². The predicted molar refractivity (Wildman–Crippen MR) is 92.2 cm³/mol. The van der Waals surface area contributed by atoms with Gasteiger partial charge in [0.15, 0.2) is 0 Å². The second-order valence-corrected chi connectivity index (χ2v) is 7.74. The minimum Gasteiger partial charge on any atom is -0.462 e. The number of hydrogen-bond acceptors (Lipinski definition) is 8. The number of carbonyl (C=O) groups is 2. The molecule has 25 heavy (non-hydrogen) atoms. The minimum atomic E-state index is -3.97. The number of rotatable bonds is 6. The molecule has 9 nitrogen and oxygen atoms in total. The molecule has 0 unspecified atom stereocenters. The summed E-state index contributed by atoms with van der Waals surface area (Å²) in [5.41, 5.74) is 1.16. The van der Waals surface area contributed by atoms with Gasteiger partial charge in [-0.15, -0.1) is 10.2 Å². The van der Waals surface area contributed by atoms with E-state index in [1.165, 1.54) is 25.1 Å². The minimum absolute atomic E-state index is 0.0854. The van der Waals surface area contributed by atoms with E-state index in [1.807, 2.05) is 0 Å². The molecule has 1 aromatic carbocycles. The van der Waals surface area contributed by atoms with Crippen molar-refractivity contribution in [3.05, 3.63) is 29.3 Å². The molecule has 0 aliphatic carbocycles. The van der Waals surface area contributed by atoms with Gasteiger partial charge in [-0.05, 0) is 37.6 Å². The smallest absolute Gasteiger partial charge is 0.338 e. The number of sulfonamides is 1. The van der Waals surface area contributed by atoms with E-state index in [2.05, 4.69) is 20.2 Å². The third-order valence-corrected chi connectivity index (χ3v) is 5.47. The molecule has 1 amide bonds. The number of nitrogens with zero attached hydrogens (tertiary/aromatic N) is 2. The van der Waals surface area contributed by atoms with E-state index in [-0.39, 0.29) is 22.0 Å². The van der Waals surface area contributed by atoms with E-state index < -0.39 is 16.0 Å². The zero-order valence-electron chi connectivity index (χ0n) is 13.7. The van der Waals surface area contributed by atoms with Crippen molar-refractivity contribution in [3.63, 3.8) is 0 Å². The highest BCUT2D eigenvalue weighted by Gasteiger charge is 2.22. The summed E-state index contributed by atoms with van der Waals surface area (Å²) in [6.45, 7) is 4.89. The summed E-state index contributed by atoms with van der Waals surface area (Å²) in [5, 5.41) is 9.62. The summed E-state index contributed by atoms with van der Waals surface area (Å²) in [5.74, 6) is -0.859. The van der Waals surface area contributed by atoms with Gasteiger partial charge < -0.3 is 10.1 Å². The first-order chi connectivity index (χ1) is 11.7. The highest BCUT2D eigenvalue weighted by Crippen LogP contribution is 2.24. The Labute approximate surface area is 148 Å². The van der Waals surface area contributed by atoms with Crippen molar-refractivity contribution < 1.29 is 22.7 Å². The third kappa shape index (κ3) is 4.73. The molecule has 2 rings (SSSR count). The largest absolute Gasteiger partial charge is 0.462 e. The Morgan fingerprint density at radius 1 is 1.28 bits per heavy atom. The topological polar surface area (TPSA) is 127 Å². The van der Waals surface area contributed by atoms with Gasteiger partial charge in [0.05, 0.1) is 17.9 Å². The molecule has 0 spiro atoms. The first-order valence-electron chi connectivity index (χ1n) is 7.14. The molecular weight excluding hydrogens is 368 g/mol. The molecule has 11 heteroatoms.